The van der Waals surface area contributed by atoms with Crippen molar-refractivity contribution in [1.82, 2.24) is 19.8 Å². The van der Waals surface area contributed by atoms with Crippen LogP contribution in [-0.4, -0.2) is 71.5 Å². The fraction of sp³-hybridized carbons (Fsp3) is 0.526. The minimum absolute atomic E-state index is 0.00844. The van der Waals surface area contributed by atoms with E-state index < -0.39 is 0 Å². The van der Waals surface area contributed by atoms with Crippen LogP contribution in [0.15, 0.2) is 24.5 Å². The van der Waals surface area contributed by atoms with E-state index in [0.29, 0.717) is 38.3 Å². The molecule has 7 heteroatoms. The van der Waals surface area contributed by atoms with E-state index in [0.717, 1.165) is 30.3 Å². The molecule has 1 aliphatic carbocycles. The summed E-state index contributed by atoms with van der Waals surface area (Å²) in [7, 11) is 1.67. The van der Waals surface area contributed by atoms with Crippen LogP contribution < -0.4 is 0 Å². The maximum atomic E-state index is 12.8. The van der Waals surface area contributed by atoms with Crippen molar-refractivity contribution in [1.29, 1.82) is 0 Å². The number of carbonyl (C=O) groups is 2. The molecule has 7 nitrogen and oxygen atoms in total. The number of carbonyl (C=O) groups excluding carboxylic acids is 2. The number of aromatic nitrogens is 2. The number of ether oxygens (including phenoxy) is 1. The van der Waals surface area contributed by atoms with Gasteiger partial charge in [0.2, 0.25) is 5.91 Å². The Bertz CT molecular complexity index is 819. The van der Waals surface area contributed by atoms with Crippen LogP contribution in [-0.2, 0) is 9.53 Å². The van der Waals surface area contributed by atoms with E-state index in [9.17, 15) is 9.59 Å². The summed E-state index contributed by atoms with van der Waals surface area (Å²) in [6, 6.07) is 5.50. The second kappa shape index (κ2) is 6.72. The van der Waals surface area contributed by atoms with Gasteiger partial charge in [0.25, 0.3) is 5.91 Å². The number of hydrogen-bond donors (Lipinski definition) is 1. The first kappa shape index (κ1) is 17.0. The van der Waals surface area contributed by atoms with Crippen LogP contribution >= 0.6 is 0 Å². The SMILES string of the molecule is COCCC1(C(=O)N2CCN(C(=O)c3ccc4nc[nH]c4c3)CC2)CC1. The molecule has 138 valence electrons. The molecular weight excluding hydrogens is 332 g/mol. The first-order valence-electron chi connectivity index (χ1n) is 9.14. The summed E-state index contributed by atoms with van der Waals surface area (Å²) >= 11 is 0. The van der Waals surface area contributed by atoms with Crippen LogP contribution in [0.1, 0.15) is 29.6 Å². The zero-order chi connectivity index (χ0) is 18.1. The van der Waals surface area contributed by atoms with Gasteiger partial charge in [-0.2, -0.15) is 0 Å². The van der Waals surface area contributed by atoms with Gasteiger partial charge in [-0.25, -0.2) is 4.98 Å². The number of fused-ring (bicyclic) bond motifs is 1. The molecule has 0 spiro atoms. The Hall–Kier alpha value is -2.41. The van der Waals surface area contributed by atoms with Gasteiger partial charge in [-0.3, -0.25) is 9.59 Å². The van der Waals surface area contributed by atoms with Crippen LogP contribution in [0.5, 0.6) is 0 Å². The number of benzene rings is 1. The van der Waals surface area contributed by atoms with Crippen molar-refractivity contribution >= 4 is 22.8 Å². The van der Waals surface area contributed by atoms with E-state index in [-0.39, 0.29) is 17.2 Å². The average Bonchev–Trinajstić information content (AvgIpc) is 3.33. The molecule has 1 saturated carbocycles. The van der Waals surface area contributed by atoms with E-state index in [1.165, 1.54) is 0 Å². The highest BCUT2D eigenvalue weighted by molar-refractivity contribution is 5.97. The van der Waals surface area contributed by atoms with E-state index >= 15 is 0 Å². The summed E-state index contributed by atoms with van der Waals surface area (Å²) in [4.78, 5) is 36.5. The molecule has 1 saturated heterocycles. The zero-order valence-electron chi connectivity index (χ0n) is 15.0. The fourth-order valence-corrected chi connectivity index (χ4v) is 3.72. The van der Waals surface area contributed by atoms with Crippen LogP contribution in [0.25, 0.3) is 11.0 Å². The van der Waals surface area contributed by atoms with Gasteiger partial charge in [-0.05, 0) is 37.5 Å². The third-order valence-electron chi connectivity index (χ3n) is 5.61. The molecule has 4 rings (SSSR count). The normalized spacial score (nSPS) is 19.0. The Morgan fingerprint density at radius 1 is 1.19 bits per heavy atom. The number of nitrogens with zero attached hydrogens (tertiary/aromatic N) is 3. The minimum Gasteiger partial charge on any atom is -0.385 e. The van der Waals surface area contributed by atoms with Crippen molar-refractivity contribution in [3.63, 3.8) is 0 Å². The number of imidazole rings is 1. The van der Waals surface area contributed by atoms with Gasteiger partial charge in [-0.1, -0.05) is 0 Å². The molecule has 2 aliphatic rings. The van der Waals surface area contributed by atoms with E-state index in [1.54, 1.807) is 13.4 Å². The Labute approximate surface area is 152 Å². The highest BCUT2D eigenvalue weighted by atomic mass is 16.5. The highest BCUT2D eigenvalue weighted by Crippen LogP contribution is 2.50. The number of aromatic amines is 1. The summed E-state index contributed by atoms with van der Waals surface area (Å²) in [6.07, 6.45) is 4.34. The Balaban J connectivity index is 1.37. The van der Waals surface area contributed by atoms with Gasteiger partial charge >= 0.3 is 0 Å². The van der Waals surface area contributed by atoms with Crippen LogP contribution in [0.2, 0.25) is 0 Å². The van der Waals surface area contributed by atoms with Gasteiger partial charge in [0.05, 0.1) is 22.8 Å². The van der Waals surface area contributed by atoms with Crippen LogP contribution in [0, 0.1) is 5.41 Å². The summed E-state index contributed by atoms with van der Waals surface area (Å²) < 4.78 is 5.15. The van der Waals surface area contributed by atoms with E-state index in [1.807, 2.05) is 28.0 Å². The maximum absolute atomic E-state index is 12.8. The van der Waals surface area contributed by atoms with Gasteiger partial charge in [0.15, 0.2) is 0 Å². The average molecular weight is 356 g/mol. The predicted molar refractivity (Wildman–Crippen MR) is 96.7 cm³/mol. The molecule has 2 heterocycles. The number of amides is 2. The molecule has 2 amide bonds. The largest absolute Gasteiger partial charge is 0.385 e. The molecule has 1 N–H and O–H groups in total. The van der Waals surface area contributed by atoms with Gasteiger partial charge in [0, 0.05) is 45.5 Å². The highest BCUT2D eigenvalue weighted by Gasteiger charge is 2.51. The molecule has 1 aliphatic heterocycles. The summed E-state index contributed by atoms with van der Waals surface area (Å²) in [5, 5.41) is 0. The van der Waals surface area contributed by atoms with Crippen LogP contribution in [0.3, 0.4) is 0 Å². The Morgan fingerprint density at radius 2 is 1.92 bits per heavy atom. The molecule has 0 bridgehead atoms. The number of H-pyrrole nitrogens is 1. The Kier molecular flexibility index (Phi) is 4.40. The number of methoxy groups -OCH3 is 1. The number of piperazine rings is 1. The van der Waals surface area contributed by atoms with Gasteiger partial charge < -0.3 is 19.5 Å². The van der Waals surface area contributed by atoms with Crippen LogP contribution in [0.4, 0.5) is 0 Å². The molecule has 0 unspecified atom stereocenters. The van der Waals surface area contributed by atoms with Crippen molar-refractivity contribution in [2.45, 2.75) is 19.3 Å². The topological polar surface area (TPSA) is 78.5 Å². The molecule has 1 aromatic heterocycles. The van der Waals surface area contributed by atoms with Crippen molar-refractivity contribution in [2.75, 3.05) is 39.9 Å². The Morgan fingerprint density at radius 3 is 2.62 bits per heavy atom. The van der Waals surface area contributed by atoms with E-state index in [4.69, 9.17) is 4.74 Å². The maximum Gasteiger partial charge on any atom is 0.254 e. The third kappa shape index (κ3) is 3.07. The first-order valence-corrected chi connectivity index (χ1v) is 9.14. The molecule has 0 atom stereocenters. The lowest BCUT2D eigenvalue weighted by atomic mass is 10.0. The lowest BCUT2D eigenvalue weighted by Gasteiger charge is -2.36. The zero-order valence-corrected chi connectivity index (χ0v) is 15.0. The third-order valence-corrected chi connectivity index (χ3v) is 5.61. The molecule has 0 radical (unpaired) electrons. The summed E-state index contributed by atoms with van der Waals surface area (Å²) in [5.74, 6) is 0.245. The number of nitrogens with one attached hydrogen (secondary N) is 1. The van der Waals surface area contributed by atoms with Gasteiger partial charge in [0.1, 0.15) is 0 Å². The molecular formula is C19H24N4O3. The number of hydrogen-bond acceptors (Lipinski definition) is 4. The number of rotatable bonds is 5. The standard InChI is InChI=1S/C19H24N4O3/c1-26-11-6-19(4-5-19)18(25)23-9-7-22(8-10-23)17(24)14-2-3-15-16(12-14)21-13-20-15/h2-3,12-13H,4-11H2,1H3,(H,20,21). The summed E-state index contributed by atoms with van der Waals surface area (Å²) in [6.45, 7) is 2.98. The lowest BCUT2D eigenvalue weighted by molar-refractivity contribution is -0.139. The smallest absolute Gasteiger partial charge is 0.254 e. The minimum atomic E-state index is -0.201. The molecule has 26 heavy (non-hydrogen) atoms. The van der Waals surface area contributed by atoms with E-state index in [2.05, 4.69) is 9.97 Å². The first-order chi connectivity index (χ1) is 12.6. The quantitative estimate of drug-likeness (QED) is 0.884. The van der Waals surface area contributed by atoms with Crippen molar-refractivity contribution < 1.29 is 14.3 Å². The molecule has 2 aromatic rings. The van der Waals surface area contributed by atoms with Crippen molar-refractivity contribution in [2.24, 2.45) is 5.41 Å². The second-order valence-electron chi connectivity index (χ2n) is 7.24. The fourth-order valence-electron chi connectivity index (χ4n) is 3.72. The molecule has 2 fully saturated rings. The second-order valence-corrected chi connectivity index (χ2v) is 7.24. The summed E-state index contributed by atoms with van der Waals surface area (Å²) in [5.41, 5.74) is 2.16. The monoisotopic (exact) mass is 356 g/mol. The van der Waals surface area contributed by atoms with Gasteiger partial charge in [-0.15, -0.1) is 0 Å². The lowest BCUT2D eigenvalue weighted by Crippen LogP contribution is -2.52. The van der Waals surface area contributed by atoms with Crippen molar-refractivity contribution in [3.05, 3.63) is 30.1 Å². The molecule has 1 aromatic carbocycles. The predicted octanol–water partition coefficient (Wildman–Crippen LogP) is 1.66. The van der Waals surface area contributed by atoms with Crippen molar-refractivity contribution in [3.8, 4) is 0 Å².